The summed E-state index contributed by atoms with van der Waals surface area (Å²) in [6, 6.07) is 7.87. The summed E-state index contributed by atoms with van der Waals surface area (Å²) in [7, 11) is 0. The fourth-order valence-corrected chi connectivity index (χ4v) is 1.72. The molecule has 72 valence electrons. The highest BCUT2D eigenvalue weighted by Crippen LogP contribution is 2.22. The number of benzene rings is 1. The van der Waals surface area contributed by atoms with Crippen LogP contribution in [-0.2, 0) is 0 Å². The molecule has 0 bridgehead atoms. The lowest BCUT2D eigenvalue weighted by atomic mass is 10.2. The molecule has 3 nitrogen and oxygen atoms in total. The van der Waals surface area contributed by atoms with Crippen molar-refractivity contribution in [3.05, 3.63) is 29.8 Å². The van der Waals surface area contributed by atoms with Crippen molar-refractivity contribution < 1.29 is 4.74 Å². The molecule has 0 radical (unpaired) electrons. The minimum absolute atomic E-state index is 0.693. The van der Waals surface area contributed by atoms with Gasteiger partial charge in [0.1, 0.15) is 16.3 Å². The van der Waals surface area contributed by atoms with Crippen LogP contribution in [0.1, 0.15) is 6.92 Å². The van der Waals surface area contributed by atoms with Crippen molar-refractivity contribution in [1.29, 1.82) is 0 Å². The summed E-state index contributed by atoms with van der Waals surface area (Å²) in [5.41, 5.74) is 2.81. The van der Waals surface area contributed by atoms with Crippen LogP contribution in [0.5, 0.6) is 5.75 Å². The van der Waals surface area contributed by atoms with Crippen LogP contribution in [0.4, 0.5) is 0 Å². The Bertz CT molecular complexity index is 383. The van der Waals surface area contributed by atoms with Crippen molar-refractivity contribution in [2.75, 3.05) is 6.61 Å². The molecule has 0 saturated carbocycles. The SMILES string of the molecule is CCOc1ccc(-c2nncs2)cc1. The molecule has 14 heavy (non-hydrogen) atoms. The lowest BCUT2D eigenvalue weighted by Crippen LogP contribution is -1.90. The highest BCUT2D eigenvalue weighted by atomic mass is 32.1. The summed E-state index contributed by atoms with van der Waals surface area (Å²) in [5.74, 6) is 0.890. The second-order valence-corrected chi connectivity index (χ2v) is 3.53. The third kappa shape index (κ3) is 1.90. The van der Waals surface area contributed by atoms with Crippen molar-refractivity contribution in [2.24, 2.45) is 0 Å². The van der Waals surface area contributed by atoms with Gasteiger partial charge in [-0.05, 0) is 31.2 Å². The van der Waals surface area contributed by atoms with Gasteiger partial charge in [-0.1, -0.05) is 11.3 Å². The largest absolute Gasteiger partial charge is 0.494 e. The van der Waals surface area contributed by atoms with Gasteiger partial charge in [0.25, 0.3) is 0 Å². The summed E-state index contributed by atoms with van der Waals surface area (Å²) in [4.78, 5) is 0. The molecule has 0 N–H and O–H groups in total. The van der Waals surface area contributed by atoms with Crippen LogP contribution in [0.25, 0.3) is 10.6 Å². The van der Waals surface area contributed by atoms with Crippen LogP contribution >= 0.6 is 11.3 Å². The Balaban J connectivity index is 2.22. The van der Waals surface area contributed by atoms with Crippen LogP contribution in [0, 0.1) is 0 Å². The second kappa shape index (κ2) is 4.19. The molecule has 0 unspecified atom stereocenters. The van der Waals surface area contributed by atoms with E-state index < -0.39 is 0 Å². The molecule has 0 amide bonds. The van der Waals surface area contributed by atoms with E-state index in [1.807, 2.05) is 31.2 Å². The molecule has 0 fully saturated rings. The Kier molecular flexibility index (Phi) is 2.74. The fraction of sp³-hybridized carbons (Fsp3) is 0.200. The molecular weight excluding hydrogens is 196 g/mol. The fourth-order valence-electron chi connectivity index (χ4n) is 1.16. The summed E-state index contributed by atoms with van der Waals surface area (Å²) < 4.78 is 5.35. The molecule has 1 aromatic carbocycles. The van der Waals surface area contributed by atoms with Crippen LogP contribution < -0.4 is 4.74 Å². The maximum absolute atomic E-state index is 5.35. The molecule has 2 rings (SSSR count). The Morgan fingerprint density at radius 2 is 2.07 bits per heavy atom. The number of hydrogen-bond donors (Lipinski definition) is 0. The summed E-state index contributed by atoms with van der Waals surface area (Å²) in [5, 5.41) is 8.72. The van der Waals surface area contributed by atoms with E-state index in [2.05, 4.69) is 10.2 Å². The van der Waals surface area contributed by atoms with Crippen molar-refractivity contribution in [3.63, 3.8) is 0 Å². The standard InChI is InChI=1S/C10H10N2OS/c1-2-13-9-5-3-8(4-6-9)10-12-11-7-14-10/h3-7H,2H2,1H3. The average molecular weight is 206 g/mol. The van der Waals surface area contributed by atoms with Crippen molar-refractivity contribution in [2.45, 2.75) is 6.92 Å². The van der Waals surface area contributed by atoms with Gasteiger partial charge in [-0.15, -0.1) is 10.2 Å². The minimum atomic E-state index is 0.693. The van der Waals surface area contributed by atoms with E-state index in [1.54, 1.807) is 5.51 Å². The smallest absolute Gasteiger partial charge is 0.147 e. The molecule has 0 saturated heterocycles. The minimum Gasteiger partial charge on any atom is -0.494 e. The van der Waals surface area contributed by atoms with Gasteiger partial charge >= 0.3 is 0 Å². The first-order valence-corrected chi connectivity index (χ1v) is 5.27. The number of aromatic nitrogens is 2. The summed E-state index contributed by atoms with van der Waals surface area (Å²) >= 11 is 1.53. The summed E-state index contributed by atoms with van der Waals surface area (Å²) in [6.07, 6.45) is 0. The molecule has 4 heteroatoms. The van der Waals surface area contributed by atoms with Gasteiger partial charge in [0.05, 0.1) is 6.61 Å². The van der Waals surface area contributed by atoms with Crippen LogP contribution in [0.2, 0.25) is 0 Å². The molecule has 0 atom stereocenters. The van der Waals surface area contributed by atoms with E-state index in [0.717, 1.165) is 16.3 Å². The van der Waals surface area contributed by atoms with E-state index in [-0.39, 0.29) is 0 Å². The van der Waals surface area contributed by atoms with E-state index in [1.165, 1.54) is 11.3 Å². The quantitative estimate of drug-likeness (QED) is 0.774. The van der Waals surface area contributed by atoms with Gasteiger partial charge < -0.3 is 4.74 Å². The summed E-state index contributed by atoms with van der Waals surface area (Å²) in [6.45, 7) is 2.66. The number of hydrogen-bond acceptors (Lipinski definition) is 4. The van der Waals surface area contributed by atoms with E-state index in [4.69, 9.17) is 4.74 Å². The zero-order valence-electron chi connectivity index (χ0n) is 7.80. The first-order chi connectivity index (χ1) is 6.90. The zero-order chi connectivity index (χ0) is 9.80. The van der Waals surface area contributed by atoms with Crippen molar-refractivity contribution in [3.8, 4) is 16.3 Å². The van der Waals surface area contributed by atoms with Crippen LogP contribution in [0.15, 0.2) is 29.8 Å². The molecule has 0 aliphatic carbocycles. The van der Waals surface area contributed by atoms with Gasteiger partial charge in [-0.2, -0.15) is 0 Å². The number of ether oxygens (including phenoxy) is 1. The molecule has 1 aromatic heterocycles. The van der Waals surface area contributed by atoms with Gasteiger partial charge in [-0.3, -0.25) is 0 Å². The molecule has 1 heterocycles. The lowest BCUT2D eigenvalue weighted by molar-refractivity contribution is 0.340. The van der Waals surface area contributed by atoms with Crippen LogP contribution in [0.3, 0.4) is 0 Å². The average Bonchev–Trinajstić information content (AvgIpc) is 2.72. The second-order valence-electron chi connectivity index (χ2n) is 2.70. The van der Waals surface area contributed by atoms with Crippen molar-refractivity contribution in [1.82, 2.24) is 10.2 Å². The number of nitrogens with zero attached hydrogens (tertiary/aromatic N) is 2. The molecule has 0 aliphatic heterocycles. The predicted molar refractivity (Wildman–Crippen MR) is 56.5 cm³/mol. The maximum atomic E-state index is 5.35. The molecule has 0 spiro atoms. The van der Waals surface area contributed by atoms with E-state index in [0.29, 0.717) is 6.61 Å². The topological polar surface area (TPSA) is 35.0 Å². The van der Waals surface area contributed by atoms with Crippen LogP contribution in [-0.4, -0.2) is 16.8 Å². The van der Waals surface area contributed by atoms with Gasteiger partial charge in [0.15, 0.2) is 0 Å². The molecule has 0 aliphatic rings. The number of rotatable bonds is 3. The Morgan fingerprint density at radius 1 is 1.29 bits per heavy atom. The molecular formula is C10H10N2OS. The monoisotopic (exact) mass is 206 g/mol. The first-order valence-electron chi connectivity index (χ1n) is 4.39. The Labute approximate surface area is 86.4 Å². The highest BCUT2D eigenvalue weighted by molar-refractivity contribution is 7.12. The van der Waals surface area contributed by atoms with E-state index in [9.17, 15) is 0 Å². The third-order valence-corrected chi connectivity index (χ3v) is 2.51. The maximum Gasteiger partial charge on any atom is 0.147 e. The van der Waals surface area contributed by atoms with E-state index >= 15 is 0 Å². The predicted octanol–water partition coefficient (Wildman–Crippen LogP) is 2.60. The van der Waals surface area contributed by atoms with Gasteiger partial charge in [0.2, 0.25) is 0 Å². The third-order valence-electron chi connectivity index (χ3n) is 1.77. The Hall–Kier alpha value is -1.42. The van der Waals surface area contributed by atoms with Gasteiger partial charge in [-0.25, -0.2) is 0 Å². The normalized spacial score (nSPS) is 10.1. The molecule has 2 aromatic rings. The van der Waals surface area contributed by atoms with Gasteiger partial charge in [0, 0.05) is 5.56 Å². The first kappa shape index (κ1) is 9.15. The van der Waals surface area contributed by atoms with Crippen molar-refractivity contribution >= 4 is 11.3 Å². The zero-order valence-corrected chi connectivity index (χ0v) is 8.62. The Morgan fingerprint density at radius 3 is 2.64 bits per heavy atom. The lowest BCUT2D eigenvalue weighted by Gasteiger charge is -2.02. The highest BCUT2D eigenvalue weighted by Gasteiger charge is 2.00.